The zero-order chi connectivity index (χ0) is 11.6. The molecule has 6 heteroatoms. The zero-order valence-corrected chi connectivity index (χ0v) is 8.28. The van der Waals surface area contributed by atoms with Crippen molar-refractivity contribution >= 4 is 17.6 Å². The first-order valence-corrected chi connectivity index (χ1v) is 4.42. The molecular weight excluding hydrogens is 225 g/mol. The summed E-state index contributed by atoms with van der Waals surface area (Å²) in [5.74, 6) is -2.03. The average molecular weight is 234 g/mol. The highest BCUT2D eigenvalue weighted by Crippen LogP contribution is 2.21. The van der Waals surface area contributed by atoms with Crippen LogP contribution in [0.2, 0.25) is 5.02 Å². The van der Waals surface area contributed by atoms with E-state index in [0.29, 0.717) is 0 Å². The summed E-state index contributed by atoms with van der Waals surface area (Å²) in [6.07, 6.45) is -1.49. The Hall–Kier alpha value is -1.17. The van der Waals surface area contributed by atoms with Crippen LogP contribution in [0.1, 0.15) is 11.7 Å². The third kappa shape index (κ3) is 2.89. The molecule has 82 valence electrons. The first kappa shape index (κ1) is 11.9. The highest BCUT2D eigenvalue weighted by Gasteiger charge is 2.24. The van der Waals surface area contributed by atoms with Crippen LogP contribution in [0.15, 0.2) is 18.2 Å². The van der Waals surface area contributed by atoms with E-state index in [1.54, 1.807) is 0 Å². The topological polar surface area (TPSA) is 83.6 Å². The van der Waals surface area contributed by atoms with E-state index in [1.807, 2.05) is 0 Å². The number of halogens is 2. The van der Waals surface area contributed by atoms with Gasteiger partial charge in [0, 0.05) is 5.02 Å². The molecule has 15 heavy (non-hydrogen) atoms. The van der Waals surface area contributed by atoms with Crippen molar-refractivity contribution in [3.63, 3.8) is 0 Å². The summed E-state index contributed by atoms with van der Waals surface area (Å²) in [5.41, 5.74) is 5.21. The van der Waals surface area contributed by atoms with Crippen molar-refractivity contribution in [2.45, 2.75) is 12.1 Å². The molecule has 0 fully saturated rings. The first-order chi connectivity index (χ1) is 6.91. The van der Waals surface area contributed by atoms with Crippen LogP contribution in [0, 0.1) is 5.82 Å². The largest absolute Gasteiger partial charge is 0.480 e. The van der Waals surface area contributed by atoms with Crippen LogP contribution in [0.25, 0.3) is 0 Å². The lowest BCUT2D eigenvalue weighted by atomic mass is 10.0. The fourth-order valence-corrected chi connectivity index (χ4v) is 1.32. The Bertz CT molecular complexity index is 365. The summed E-state index contributed by atoms with van der Waals surface area (Å²) in [6.45, 7) is 0. The van der Waals surface area contributed by atoms with E-state index in [9.17, 15) is 14.3 Å². The van der Waals surface area contributed by atoms with E-state index in [2.05, 4.69) is 0 Å². The van der Waals surface area contributed by atoms with Gasteiger partial charge in [-0.1, -0.05) is 11.6 Å². The van der Waals surface area contributed by atoms with Gasteiger partial charge in [0.25, 0.3) is 0 Å². The summed E-state index contributed by atoms with van der Waals surface area (Å²) >= 11 is 5.54. The third-order valence-corrected chi connectivity index (χ3v) is 2.07. The number of benzene rings is 1. The Kier molecular flexibility index (Phi) is 3.62. The molecule has 0 amide bonds. The van der Waals surface area contributed by atoms with E-state index < -0.39 is 23.9 Å². The molecule has 0 saturated heterocycles. The number of aliphatic hydroxyl groups is 1. The van der Waals surface area contributed by atoms with Crippen LogP contribution in [-0.4, -0.2) is 22.2 Å². The molecule has 0 aromatic heterocycles. The summed E-state index contributed by atoms with van der Waals surface area (Å²) in [7, 11) is 0. The van der Waals surface area contributed by atoms with Crippen LogP contribution in [0.5, 0.6) is 0 Å². The molecule has 4 N–H and O–H groups in total. The van der Waals surface area contributed by atoms with E-state index in [4.69, 9.17) is 22.4 Å². The zero-order valence-electron chi connectivity index (χ0n) is 7.52. The van der Waals surface area contributed by atoms with Gasteiger partial charge in [0.1, 0.15) is 18.0 Å². The van der Waals surface area contributed by atoms with Crippen molar-refractivity contribution in [3.05, 3.63) is 34.6 Å². The Morgan fingerprint density at radius 3 is 2.53 bits per heavy atom. The fourth-order valence-electron chi connectivity index (χ4n) is 1.09. The minimum atomic E-state index is -1.51. The lowest BCUT2D eigenvalue weighted by Crippen LogP contribution is -2.36. The SMILES string of the molecule is NC(C(=O)O)C(O)c1cc(F)cc(Cl)c1. The lowest BCUT2D eigenvalue weighted by molar-refractivity contribution is -0.141. The number of hydrogen-bond acceptors (Lipinski definition) is 3. The van der Waals surface area contributed by atoms with Crippen molar-refractivity contribution in [2.24, 2.45) is 5.73 Å². The number of hydrogen-bond donors (Lipinski definition) is 3. The number of carbonyl (C=O) groups is 1. The van der Waals surface area contributed by atoms with E-state index in [0.717, 1.165) is 12.1 Å². The Morgan fingerprint density at radius 1 is 1.47 bits per heavy atom. The molecule has 0 aliphatic rings. The molecule has 2 unspecified atom stereocenters. The molecule has 0 bridgehead atoms. The van der Waals surface area contributed by atoms with Crippen LogP contribution in [-0.2, 0) is 4.79 Å². The van der Waals surface area contributed by atoms with Gasteiger partial charge in [0.2, 0.25) is 0 Å². The maximum absolute atomic E-state index is 12.9. The van der Waals surface area contributed by atoms with Gasteiger partial charge in [-0.15, -0.1) is 0 Å². The van der Waals surface area contributed by atoms with Crippen molar-refractivity contribution in [3.8, 4) is 0 Å². The number of rotatable bonds is 3. The maximum atomic E-state index is 12.9. The molecular formula is C9H9ClFNO3. The summed E-state index contributed by atoms with van der Waals surface area (Å²) in [6, 6.07) is 1.78. The van der Waals surface area contributed by atoms with Gasteiger partial charge >= 0.3 is 5.97 Å². The predicted molar refractivity (Wildman–Crippen MR) is 52.0 cm³/mol. The number of carboxylic acid groups (broad SMARTS) is 1. The standard InChI is InChI=1S/C9H9ClFNO3/c10-5-1-4(2-6(11)3-5)8(13)7(12)9(14)15/h1-3,7-8,13H,12H2,(H,14,15). The van der Waals surface area contributed by atoms with Crippen LogP contribution in [0.4, 0.5) is 4.39 Å². The van der Waals surface area contributed by atoms with Crippen molar-refractivity contribution < 1.29 is 19.4 Å². The van der Waals surface area contributed by atoms with Gasteiger partial charge in [-0.2, -0.15) is 0 Å². The Labute approximate surface area is 90.1 Å². The molecule has 4 nitrogen and oxygen atoms in total. The highest BCUT2D eigenvalue weighted by molar-refractivity contribution is 6.30. The lowest BCUT2D eigenvalue weighted by Gasteiger charge is -2.15. The fraction of sp³-hybridized carbons (Fsp3) is 0.222. The van der Waals surface area contributed by atoms with Gasteiger partial charge < -0.3 is 15.9 Å². The molecule has 2 atom stereocenters. The average Bonchev–Trinajstić information content (AvgIpc) is 2.13. The molecule has 0 saturated carbocycles. The van der Waals surface area contributed by atoms with Crippen molar-refractivity contribution in [1.29, 1.82) is 0 Å². The molecule has 1 aromatic rings. The van der Waals surface area contributed by atoms with Gasteiger partial charge in [0.05, 0.1) is 0 Å². The minimum absolute atomic E-state index is 0.0369. The second-order valence-corrected chi connectivity index (χ2v) is 3.45. The minimum Gasteiger partial charge on any atom is -0.480 e. The summed E-state index contributed by atoms with van der Waals surface area (Å²) in [5, 5.41) is 18.1. The van der Waals surface area contributed by atoms with E-state index in [-0.39, 0.29) is 10.6 Å². The molecule has 0 aliphatic heterocycles. The number of aliphatic hydroxyl groups excluding tert-OH is 1. The monoisotopic (exact) mass is 233 g/mol. The smallest absolute Gasteiger partial charge is 0.323 e. The number of aliphatic carboxylic acids is 1. The molecule has 1 aromatic carbocycles. The van der Waals surface area contributed by atoms with Crippen molar-refractivity contribution in [2.75, 3.05) is 0 Å². The normalized spacial score (nSPS) is 14.7. The summed E-state index contributed by atoms with van der Waals surface area (Å²) in [4.78, 5) is 10.5. The van der Waals surface area contributed by atoms with Gasteiger partial charge in [-0.25, -0.2) is 4.39 Å². The second kappa shape index (κ2) is 4.57. The quantitative estimate of drug-likeness (QED) is 0.725. The Morgan fingerprint density at radius 2 is 2.07 bits per heavy atom. The highest BCUT2D eigenvalue weighted by atomic mass is 35.5. The molecule has 0 aliphatic carbocycles. The first-order valence-electron chi connectivity index (χ1n) is 4.04. The number of nitrogens with two attached hydrogens (primary N) is 1. The van der Waals surface area contributed by atoms with Gasteiger partial charge in [0.15, 0.2) is 0 Å². The van der Waals surface area contributed by atoms with Crippen LogP contribution in [0.3, 0.4) is 0 Å². The molecule has 0 heterocycles. The summed E-state index contributed by atoms with van der Waals surface area (Å²) < 4.78 is 12.9. The number of carboxylic acids is 1. The Balaban J connectivity index is 3.00. The maximum Gasteiger partial charge on any atom is 0.323 e. The van der Waals surface area contributed by atoms with Gasteiger partial charge in [-0.3, -0.25) is 4.79 Å². The van der Waals surface area contributed by atoms with E-state index >= 15 is 0 Å². The van der Waals surface area contributed by atoms with Gasteiger partial charge in [-0.05, 0) is 23.8 Å². The molecule has 0 radical (unpaired) electrons. The van der Waals surface area contributed by atoms with Crippen LogP contribution < -0.4 is 5.73 Å². The second-order valence-electron chi connectivity index (χ2n) is 3.01. The molecule has 0 spiro atoms. The third-order valence-electron chi connectivity index (χ3n) is 1.85. The van der Waals surface area contributed by atoms with Crippen molar-refractivity contribution in [1.82, 2.24) is 0 Å². The molecule has 1 rings (SSSR count). The van der Waals surface area contributed by atoms with Crippen LogP contribution >= 0.6 is 11.6 Å². The van der Waals surface area contributed by atoms with E-state index in [1.165, 1.54) is 6.07 Å². The predicted octanol–water partition coefficient (Wildman–Crippen LogP) is 0.924.